The molecule has 1 aliphatic heterocycles. The maximum absolute atomic E-state index is 3.39. The highest BCUT2D eigenvalue weighted by Crippen LogP contribution is 2.21. The number of nitrogens with one attached hydrogen (secondary N) is 1. The van der Waals surface area contributed by atoms with Gasteiger partial charge in [0.15, 0.2) is 0 Å². The predicted molar refractivity (Wildman–Crippen MR) is 67.2 cm³/mol. The van der Waals surface area contributed by atoms with Crippen LogP contribution in [0.3, 0.4) is 0 Å². The van der Waals surface area contributed by atoms with E-state index in [1.807, 2.05) is 0 Å². The lowest BCUT2D eigenvalue weighted by molar-refractivity contribution is 0.185. The minimum Gasteiger partial charge on any atom is -0.317 e. The van der Waals surface area contributed by atoms with Crippen LogP contribution in [0.1, 0.15) is 46.0 Å². The molecule has 2 heteroatoms. The summed E-state index contributed by atoms with van der Waals surface area (Å²) in [5.74, 6) is 1.02. The summed E-state index contributed by atoms with van der Waals surface area (Å²) in [6, 6.07) is 0. The second kappa shape index (κ2) is 8.12. The van der Waals surface area contributed by atoms with E-state index in [1.165, 1.54) is 58.3 Å². The van der Waals surface area contributed by atoms with Crippen LogP contribution in [0.5, 0.6) is 0 Å². The lowest BCUT2D eigenvalue weighted by Gasteiger charge is -2.31. The molecule has 0 radical (unpaired) electrons. The van der Waals surface area contributed by atoms with Crippen molar-refractivity contribution in [3.05, 3.63) is 0 Å². The van der Waals surface area contributed by atoms with Crippen molar-refractivity contribution in [1.82, 2.24) is 10.2 Å². The van der Waals surface area contributed by atoms with Crippen molar-refractivity contribution in [2.75, 3.05) is 32.7 Å². The first kappa shape index (κ1) is 13.0. The van der Waals surface area contributed by atoms with Crippen LogP contribution in [0.2, 0.25) is 0 Å². The van der Waals surface area contributed by atoms with Crippen LogP contribution in [0.15, 0.2) is 0 Å². The van der Waals surface area contributed by atoms with Gasteiger partial charge >= 0.3 is 0 Å². The van der Waals surface area contributed by atoms with Gasteiger partial charge in [-0.3, -0.25) is 0 Å². The lowest BCUT2D eigenvalue weighted by Crippen LogP contribution is -2.33. The molecule has 1 rings (SSSR count). The summed E-state index contributed by atoms with van der Waals surface area (Å²) in [5.41, 5.74) is 0. The first-order chi connectivity index (χ1) is 7.36. The molecule has 0 unspecified atom stereocenters. The van der Waals surface area contributed by atoms with E-state index in [0.29, 0.717) is 0 Å². The molecule has 0 atom stereocenters. The van der Waals surface area contributed by atoms with E-state index in [9.17, 15) is 0 Å². The molecule has 15 heavy (non-hydrogen) atoms. The number of nitrogens with zero attached hydrogens (tertiary/aromatic N) is 1. The number of piperidine rings is 1. The van der Waals surface area contributed by atoms with Gasteiger partial charge in [0.2, 0.25) is 0 Å². The van der Waals surface area contributed by atoms with Gasteiger partial charge in [0.25, 0.3) is 0 Å². The fraction of sp³-hybridized carbons (Fsp3) is 1.00. The van der Waals surface area contributed by atoms with Gasteiger partial charge in [-0.25, -0.2) is 0 Å². The van der Waals surface area contributed by atoms with Crippen LogP contribution >= 0.6 is 0 Å². The van der Waals surface area contributed by atoms with Crippen molar-refractivity contribution in [2.45, 2.75) is 46.0 Å². The molecule has 0 aliphatic carbocycles. The Morgan fingerprint density at radius 3 is 2.47 bits per heavy atom. The van der Waals surface area contributed by atoms with Gasteiger partial charge in [0.05, 0.1) is 0 Å². The van der Waals surface area contributed by atoms with Gasteiger partial charge in [-0.05, 0) is 57.9 Å². The van der Waals surface area contributed by atoms with Crippen LogP contribution in [0.25, 0.3) is 0 Å². The summed E-state index contributed by atoms with van der Waals surface area (Å²) >= 11 is 0. The molecule has 1 heterocycles. The Morgan fingerprint density at radius 1 is 1.13 bits per heavy atom. The Bertz CT molecular complexity index is 139. The number of likely N-dealkylation sites (tertiary alicyclic amines) is 1. The average Bonchev–Trinajstić information content (AvgIpc) is 2.30. The van der Waals surface area contributed by atoms with Gasteiger partial charge in [0, 0.05) is 0 Å². The first-order valence-corrected chi connectivity index (χ1v) is 6.79. The summed E-state index contributed by atoms with van der Waals surface area (Å²) in [5, 5.41) is 3.39. The van der Waals surface area contributed by atoms with E-state index < -0.39 is 0 Å². The predicted octanol–water partition coefficient (Wildman–Crippen LogP) is 2.50. The average molecular weight is 212 g/mol. The van der Waals surface area contributed by atoms with Gasteiger partial charge in [-0.15, -0.1) is 0 Å². The van der Waals surface area contributed by atoms with E-state index in [-0.39, 0.29) is 0 Å². The fourth-order valence-corrected chi connectivity index (χ4v) is 2.45. The van der Waals surface area contributed by atoms with Crippen LogP contribution < -0.4 is 5.32 Å². The Hall–Kier alpha value is -0.0800. The molecule has 0 saturated carbocycles. The molecule has 1 fully saturated rings. The molecule has 0 spiro atoms. The Kier molecular flexibility index (Phi) is 7.03. The zero-order valence-electron chi connectivity index (χ0n) is 10.6. The first-order valence-electron chi connectivity index (χ1n) is 6.79. The standard InChI is InChI=1S/C13H28N2/c1-3-14-10-6-5-7-13-8-11-15(4-2)12-9-13/h13-14H,3-12H2,1-2H3. The Morgan fingerprint density at radius 2 is 1.87 bits per heavy atom. The number of hydrogen-bond donors (Lipinski definition) is 1. The second-order valence-corrected chi connectivity index (χ2v) is 4.73. The van der Waals surface area contributed by atoms with Crippen molar-refractivity contribution in [3.63, 3.8) is 0 Å². The monoisotopic (exact) mass is 212 g/mol. The maximum Gasteiger partial charge on any atom is -0.00162 e. The van der Waals surface area contributed by atoms with Crippen LogP contribution in [-0.2, 0) is 0 Å². The normalized spacial score (nSPS) is 19.6. The molecule has 0 bridgehead atoms. The SMILES string of the molecule is CCNCCCCC1CCN(CC)CC1. The molecular weight excluding hydrogens is 184 g/mol. The van der Waals surface area contributed by atoms with Crippen molar-refractivity contribution < 1.29 is 0 Å². The minimum atomic E-state index is 1.02. The molecule has 90 valence electrons. The summed E-state index contributed by atoms with van der Waals surface area (Å²) in [7, 11) is 0. The van der Waals surface area contributed by atoms with E-state index >= 15 is 0 Å². The largest absolute Gasteiger partial charge is 0.317 e. The molecule has 0 aromatic carbocycles. The van der Waals surface area contributed by atoms with E-state index in [4.69, 9.17) is 0 Å². The number of unbranched alkanes of at least 4 members (excludes halogenated alkanes) is 1. The summed E-state index contributed by atoms with van der Waals surface area (Å²) in [6.07, 6.45) is 7.12. The van der Waals surface area contributed by atoms with Crippen LogP contribution in [0, 0.1) is 5.92 Å². The Balaban J connectivity index is 1.94. The molecule has 1 saturated heterocycles. The third-order valence-corrected chi connectivity index (χ3v) is 3.62. The van der Waals surface area contributed by atoms with E-state index in [2.05, 4.69) is 24.1 Å². The molecule has 1 aliphatic rings. The quantitative estimate of drug-likeness (QED) is 0.652. The lowest BCUT2D eigenvalue weighted by atomic mass is 9.91. The highest BCUT2D eigenvalue weighted by molar-refractivity contribution is 4.71. The Labute approximate surface area is 95.4 Å². The molecule has 0 amide bonds. The number of rotatable bonds is 7. The summed E-state index contributed by atoms with van der Waals surface area (Å²) < 4.78 is 0. The topological polar surface area (TPSA) is 15.3 Å². The van der Waals surface area contributed by atoms with E-state index in [0.717, 1.165) is 12.5 Å². The molecule has 0 aromatic heterocycles. The highest BCUT2D eigenvalue weighted by atomic mass is 15.1. The molecular formula is C13H28N2. The zero-order chi connectivity index (χ0) is 10.9. The van der Waals surface area contributed by atoms with Crippen LogP contribution in [-0.4, -0.2) is 37.6 Å². The van der Waals surface area contributed by atoms with Crippen molar-refractivity contribution in [2.24, 2.45) is 5.92 Å². The van der Waals surface area contributed by atoms with Gasteiger partial charge in [-0.2, -0.15) is 0 Å². The fourth-order valence-electron chi connectivity index (χ4n) is 2.45. The van der Waals surface area contributed by atoms with Crippen molar-refractivity contribution in [1.29, 1.82) is 0 Å². The zero-order valence-corrected chi connectivity index (χ0v) is 10.6. The second-order valence-electron chi connectivity index (χ2n) is 4.73. The third-order valence-electron chi connectivity index (χ3n) is 3.62. The maximum atomic E-state index is 3.39. The third kappa shape index (κ3) is 5.53. The van der Waals surface area contributed by atoms with Gasteiger partial charge < -0.3 is 10.2 Å². The minimum absolute atomic E-state index is 1.02. The smallest absolute Gasteiger partial charge is 0.00162 e. The molecule has 1 N–H and O–H groups in total. The highest BCUT2D eigenvalue weighted by Gasteiger charge is 2.16. The number of hydrogen-bond acceptors (Lipinski definition) is 2. The van der Waals surface area contributed by atoms with Crippen molar-refractivity contribution in [3.8, 4) is 0 Å². The van der Waals surface area contributed by atoms with Crippen LogP contribution in [0.4, 0.5) is 0 Å². The summed E-state index contributed by atoms with van der Waals surface area (Å²) in [4.78, 5) is 2.58. The van der Waals surface area contributed by atoms with Gasteiger partial charge in [-0.1, -0.05) is 26.7 Å². The van der Waals surface area contributed by atoms with Gasteiger partial charge in [0.1, 0.15) is 0 Å². The summed E-state index contributed by atoms with van der Waals surface area (Å²) in [6.45, 7) is 10.7. The molecule has 0 aromatic rings. The molecule has 2 nitrogen and oxygen atoms in total. The van der Waals surface area contributed by atoms with Crippen molar-refractivity contribution >= 4 is 0 Å². The van der Waals surface area contributed by atoms with E-state index in [1.54, 1.807) is 0 Å².